The first-order chi connectivity index (χ1) is 7.56. The Bertz CT molecular complexity index is 290. The normalized spacial score (nSPS) is 15.7. The highest BCUT2D eigenvalue weighted by Gasteiger charge is 2.25. The Morgan fingerprint density at radius 1 is 1.50 bits per heavy atom. The van der Waals surface area contributed by atoms with Crippen molar-refractivity contribution in [1.82, 2.24) is 4.90 Å². The molecule has 0 amide bonds. The van der Waals surface area contributed by atoms with Crippen LogP contribution in [0.2, 0.25) is 0 Å². The summed E-state index contributed by atoms with van der Waals surface area (Å²) in [5.41, 5.74) is 6.01. The van der Waals surface area contributed by atoms with Crippen LogP contribution in [-0.4, -0.2) is 31.0 Å². The lowest BCUT2D eigenvalue weighted by Gasteiger charge is -2.31. The van der Waals surface area contributed by atoms with Gasteiger partial charge in [-0.15, -0.1) is 11.3 Å². The van der Waals surface area contributed by atoms with Gasteiger partial charge in [0.25, 0.3) is 6.43 Å². The van der Waals surface area contributed by atoms with E-state index in [2.05, 4.69) is 0 Å². The second-order valence-electron chi connectivity index (χ2n) is 3.86. The summed E-state index contributed by atoms with van der Waals surface area (Å²) in [5, 5.41) is 1.95. The lowest BCUT2D eigenvalue weighted by molar-refractivity contribution is 0.0744. The summed E-state index contributed by atoms with van der Waals surface area (Å²) < 4.78 is 24.8. The fraction of sp³-hybridized carbons (Fsp3) is 0.636. The molecule has 0 aromatic carbocycles. The molecule has 1 aromatic rings. The fourth-order valence-corrected chi connectivity index (χ4v) is 2.73. The van der Waals surface area contributed by atoms with Crippen LogP contribution < -0.4 is 5.73 Å². The average molecular weight is 248 g/mol. The summed E-state index contributed by atoms with van der Waals surface area (Å²) in [6.07, 6.45) is -1.55. The second kappa shape index (κ2) is 6.27. The van der Waals surface area contributed by atoms with Crippen LogP contribution in [0.3, 0.4) is 0 Å². The summed E-state index contributed by atoms with van der Waals surface area (Å²) >= 11 is 1.56. The van der Waals surface area contributed by atoms with Crippen molar-refractivity contribution in [2.24, 2.45) is 5.73 Å². The van der Waals surface area contributed by atoms with Gasteiger partial charge in [0.05, 0.1) is 12.6 Å². The zero-order valence-electron chi connectivity index (χ0n) is 9.57. The van der Waals surface area contributed by atoms with Crippen molar-refractivity contribution >= 4 is 11.3 Å². The number of rotatable bonds is 6. The molecule has 2 unspecified atom stereocenters. The summed E-state index contributed by atoms with van der Waals surface area (Å²) in [4.78, 5) is 2.70. The summed E-state index contributed by atoms with van der Waals surface area (Å²) in [6, 6.07) is 3.65. The third kappa shape index (κ3) is 3.50. The van der Waals surface area contributed by atoms with Gasteiger partial charge in [-0.3, -0.25) is 4.90 Å². The number of nitrogens with zero attached hydrogens (tertiary/aromatic N) is 1. The van der Waals surface area contributed by atoms with Gasteiger partial charge >= 0.3 is 0 Å². The van der Waals surface area contributed by atoms with Crippen LogP contribution in [0.4, 0.5) is 8.78 Å². The average Bonchev–Trinajstić information content (AvgIpc) is 2.69. The van der Waals surface area contributed by atoms with Crippen molar-refractivity contribution in [1.29, 1.82) is 0 Å². The molecule has 92 valence electrons. The van der Waals surface area contributed by atoms with E-state index in [1.807, 2.05) is 24.4 Å². The minimum atomic E-state index is -2.32. The largest absolute Gasteiger partial charge is 0.326 e. The van der Waals surface area contributed by atoms with Gasteiger partial charge in [0, 0.05) is 10.9 Å². The highest BCUT2D eigenvalue weighted by molar-refractivity contribution is 7.10. The van der Waals surface area contributed by atoms with Crippen LogP contribution in [0.5, 0.6) is 0 Å². The molecule has 0 aliphatic heterocycles. The molecule has 1 heterocycles. The zero-order chi connectivity index (χ0) is 12.1. The maximum absolute atomic E-state index is 12.4. The van der Waals surface area contributed by atoms with Gasteiger partial charge in [-0.2, -0.15) is 0 Å². The van der Waals surface area contributed by atoms with Crippen molar-refractivity contribution in [2.45, 2.75) is 31.9 Å². The first-order valence-corrected chi connectivity index (χ1v) is 6.21. The van der Waals surface area contributed by atoms with Crippen molar-refractivity contribution in [2.75, 3.05) is 13.6 Å². The van der Waals surface area contributed by atoms with Crippen LogP contribution in [-0.2, 0) is 0 Å². The zero-order valence-corrected chi connectivity index (χ0v) is 10.4. The lowest BCUT2D eigenvalue weighted by atomic mass is 10.0. The van der Waals surface area contributed by atoms with Crippen LogP contribution in [0, 0.1) is 0 Å². The Morgan fingerprint density at radius 2 is 2.19 bits per heavy atom. The summed E-state index contributed by atoms with van der Waals surface area (Å²) in [7, 11) is 1.70. The number of hydrogen-bond acceptors (Lipinski definition) is 3. The first-order valence-electron chi connectivity index (χ1n) is 5.33. The highest BCUT2D eigenvalue weighted by Crippen LogP contribution is 2.28. The standard InChI is InChI=1S/C11H18F2N2S/c1-3-8(14)11(9-5-4-6-16-9)15(2)7-10(12)13/h4-6,8,10-11H,3,7,14H2,1-2H3. The van der Waals surface area contributed by atoms with E-state index < -0.39 is 6.43 Å². The number of nitrogens with two attached hydrogens (primary N) is 1. The van der Waals surface area contributed by atoms with Gasteiger partial charge in [-0.05, 0) is 24.9 Å². The first kappa shape index (κ1) is 13.5. The molecule has 0 saturated carbocycles. The van der Waals surface area contributed by atoms with Crippen LogP contribution in [0.1, 0.15) is 24.3 Å². The maximum Gasteiger partial charge on any atom is 0.251 e. The second-order valence-corrected chi connectivity index (χ2v) is 4.84. The van der Waals surface area contributed by atoms with Crippen molar-refractivity contribution in [3.05, 3.63) is 22.4 Å². The van der Waals surface area contributed by atoms with Crippen molar-refractivity contribution in [3.8, 4) is 0 Å². The highest BCUT2D eigenvalue weighted by atomic mass is 32.1. The van der Waals surface area contributed by atoms with E-state index in [0.29, 0.717) is 0 Å². The minimum absolute atomic E-state index is 0.109. The molecule has 0 bridgehead atoms. The molecule has 0 radical (unpaired) electrons. The van der Waals surface area contributed by atoms with Gasteiger partial charge in [-0.25, -0.2) is 8.78 Å². The van der Waals surface area contributed by atoms with Gasteiger partial charge in [0.15, 0.2) is 0 Å². The van der Waals surface area contributed by atoms with E-state index in [1.54, 1.807) is 23.3 Å². The molecule has 2 nitrogen and oxygen atoms in total. The molecule has 0 saturated heterocycles. The molecule has 0 spiro atoms. The predicted octanol–water partition coefficient (Wildman–Crippen LogP) is 2.72. The smallest absolute Gasteiger partial charge is 0.251 e. The SMILES string of the molecule is CCC(N)C(c1cccs1)N(C)CC(F)F. The van der Waals surface area contributed by atoms with Gasteiger partial charge < -0.3 is 5.73 Å². The topological polar surface area (TPSA) is 29.3 Å². The number of halogens is 2. The van der Waals surface area contributed by atoms with Crippen molar-refractivity contribution in [3.63, 3.8) is 0 Å². The Kier molecular flexibility index (Phi) is 5.31. The van der Waals surface area contributed by atoms with Gasteiger partial charge in [0.2, 0.25) is 0 Å². The van der Waals surface area contributed by atoms with E-state index in [4.69, 9.17) is 5.73 Å². The van der Waals surface area contributed by atoms with E-state index in [-0.39, 0.29) is 18.6 Å². The fourth-order valence-electron chi connectivity index (χ4n) is 1.77. The van der Waals surface area contributed by atoms with Crippen LogP contribution in [0.25, 0.3) is 0 Å². The van der Waals surface area contributed by atoms with E-state index >= 15 is 0 Å². The summed E-state index contributed by atoms with van der Waals surface area (Å²) in [6.45, 7) is 1.73. The number of likely N-dealkylation sites (N-methyl/N-ethyl adjacent to an activating group) is 1. The van der Waals surface area contributed by atoms with Crippen LogP contribution >= 0.6 is 11.3 Å². The molecule has 0 fully saturated rings. The minimum Gasteiger partial charge on any atom is -0.326 e. The number of hydrogen-bond donors (Lipinski definition) is 1. The molecule has 0 aliphatic carbocycles. The number of alkyl halides is 2. The Labute approximate surface area is 99.1 Å². The Hall–Kier alpha value is -0.520. The Morgan fingerprint density at radius 3 is 2.62 bits per heavy atom. The maximum atomic E-state index is 12.4. The van der Waals surface area contributed by atoms with E-state index in [0.717, 1.165) is 11.3 Å². The quantitative estimate of drug-likeness (QED) is 0.838. The summed E-state index contributed by atoms with van der Waals surface area (Å²) in [5.74, 6) is 0. The molecule has 5 heteroatoms. The Balaban J connectivity index is 2.79. The van der Waals surface area contributed by atoms with E-state index in [9.17, 15) is 8.78 Å². The monoisotopic (exact) mass is 248 g/mol. The van der Waals surface area contributed by atoms with Gasteiger partial charge in [0.1, 0.15) is 0 Å². The lowest BCUT2D eigenvalue weighted by Crippen LogP contribution is -2.40. The molecular formula is C11H18F2N2S. The molecule has 1 rings (SSSR count). The molecule has 0 aliphatic rings. The van der Waals surface area contributed by atoms with Crippen molar-refractivity contribution < 1.29 is 8.78 Å². The van der Waals surface area contributed by atoms with E-state index in [1.165, 1.54) is 0 Å². The number of thiophene rings is 1. The predicted molar refractivity (Wildman–Crippen MR) is 64.0 cm³/mol. The molecule has 16 heavy (non-hydrogen) atoms. The molecule has 2 atom stereocenters. The third-order valence-electron chi connectivity index (χ3n) is 2.61. The molecule has 1 aromatic heterocycles. The molecule has 2 N–H and O–H groups in total. The third-order valence-corrected chi connectivity index (χ3v) is 3.56. The van der Waals surface area contributed by atoms with Crippen LogP contribution in [0.15, 0.2) is 17.5 Å². The molecular weight excluding hydrogens is 230 g/mol. The van der Waals surface area contributed by atoms with Gasteiger partial charge in [-0.1, -0.05) is 13.0 Å².